The molecule has 0 heterocycles. The second-order valence-corrected chi connectivity index (χ2v) is 4.40. The monoisotopic (exact) mass is 235 g/mol. The first-order valence-corrected chi connectivity index (χ1v) is 5.83. The number of carbonyl (C=O) groups is 1. The third-order valence-corrected chi connectivity index (χ3v) is 2.54. The lowest BCUT2D eigenvalue weighted by molar-refractivity contribution is -0.117. The fourth-order valence-corrected chi connectivity index (χ4v) is 1.53. The van der Waals surface area contributed by atoms with Crippen LogP contribution in [0.3, 0.4) is 0 Å². The normalized spacial score (nSPS) is 12.5. The number of nitrogens with one attached hydrogen (secondary N) is 1. The molecule has 3 N–H and O–H groups in total. The molecule has 94 valence electrons. The van der Waals surface area contributed by atoms with E-state index in [1.807, 2.05) is 45.3 Å². The molecular formula is C13H21N3O. The third-order valence-electron chi connectivity index (χ3n) is 2.54. The van der Waals surface area contributed by atoms with E-state index in [0.717, 1.165) is 17.8 Å². The maximum atomic E-state index is 11.7. The van der Waals surface area contributed by atoms with Gasteiger partial charge < -0.3 is 16.0 Å². The van der Waals surface area contributed by atoms with Gasteiger partial charge in [-0.2, -0.15) is 0 Å². The van der Waals surface area contributed by atoms with Gasteiger partial charge in [0.05, 0.1) is 6.04 Å². The molecule has 0 saturated heterocycles. The highest BCUT2D eigenvalue weighted by atomic mass is 16.2. The van der Waals surface area contributed by atoms with Gasteiger partial charge in [-0.15, -0.1) is 0 Å². The number of nitrogens with zero attached hydrogens (tertiary/aromatic N) is 1. The van der Waals surface area contributed by atoms with E-state index < -0.39 is 6.04 Å². The fourth-order valence-electron chi connectivity index (χ4n) is 1.53. The minimum atomic E-state index is -0.442. The van der Waals surface area contributed by atoms with Gasteiger partial charge in [-0.05, 0) is 32.1 Å². The first-order chi connectivity index (χ1) is 8.04. The van der Waals surface area contributed by atoms with Crippen molar-refractivity contribution in [1.29, 1.82) is 0 Å². The Morgan fingerprint density at radius 1 is 1.41 bits per heavy atom. The van der Waals surface area contributed by atoms with Crippen LogP contribution in [-0.2, 0) is 11.3 Å². The molecule has 0 aromatic heterocycles. The number of nitrogens with two attached hydrogens (primary N) is 1. The zero-order chi connectivity index (χ0) is 12.8. The van der Waals surface area contributed by atoms with Crippen LogP contribution < -0.4 is 11.1 Å². The van der Waals surface area contributed by atoms with Crippen LogP contribution in [0.15, 0.2) is 24.3 Å². The summed E-state index contributed by atoms with van der Waals surface area (Å²) < 4.78 is 0. The number of benzene rings is 1. The molecule has 1 aromatic carbocycles. The van der Waals surface area contributed by atoms with Gasteiger partial charge in [0, 0.05) is 12.2 Å². The molecule has 0 aliphatic rings. The van der Waals surface area contributed by atoms with Crippen molar-refractivity contribution in [3.05, 3.63) is 29.8 Å². The van der Waals surface area contributed by atoms with Crippen LogP contribution in [0.4, 0.5) is 5.69 Å². The van der Waals surface area contributed by atoms with Gasteiger partial charge in [-0.1, -0.05) is 25.1 Å². The Labute approximate surface area is 103 Å². The van der Waals surface area contributed by atoms with Gasteiger partial charge in [-0.3, -0.25) is 4.79 Å². The minimum Gasteiger partial charge on any atom is -0.324 e. The Balaban J connectivity index is 2.79. The molecule has 4 nitrogen and oxygen atoms in total. The predicted octanol–water partition coefficient (Wildman–Crippen LogP) is 1.42. The maximum Gasteiger partial charge on any atom is 0.241 e. The van der Waals surface area contributed by atoms with E-state index in [1.54, 1.807) is 0 Å². The summed E-state index contributed by atoms with van der Waals surface area (Å²) in [5, 5.41) is 2.88. The average molecular weight is 235 g/mol. The van der Waals surface area contributed by atoms with Crippen LogP contribution in [0, 0.1) is 0 Å². The smallest absolute Gasteiger partial charge is 0.241 e. The Hall–Kier alpha value is -1.39. The Morgan fingerprint density at radius 2 is 2.06 bits per heavy atom. The highest BCUT2D eigenvalue weighted by Gasteiger charge is 2.12. The van der Waals surface area contributed by atoms with E-state index in [0.29, 0.717) is 6.42 Å². The third kappa shape index (κ3) is 4.17. The number of para-hydroxylation sites is 1. The Bertz CT molecular complexity index is 377. The zero-order valence-corrected chi connectivity index (χ0v) is 10.7. The molecule has 0 bridgehead atoms. The molecule has 1 atom stereocenters. The van der Waals surface area contributed by atoms with Crippen molar-refractivity contribution >= 4 is 11.6 Å². The van der Waals surface area contributed by atoms with Crippen molar-refractivity contribution in [3.63, 3.8) is 0 Å². The lowest BCUT2D eigenvalue weighted by Gasteiger charge is -2.16. The number of anilines is 1. The molecule has 4 heteroatoms. The molecule has 0 aliphatic heterocycles. The zero-order valence-electron chi connectivity index (χ0n) is 10.7. The largest absolute Gasteiger partial charge is 0.324 e. The van der Waals surface area contributed by atoms with Crippen LogP contribution in [0.2, 0.25) is 0 Å². The molecule has 0 saturated carbocycles. The molecule has 1 amide bonds. The van der Waals surface area contributed by atoms with Crippen molar-refractivity contribution in [2.45, 2.75) is 25.9 Å². The van der Waals surface area contributed by atoms with E-state index in [1.165, 1.54) is 0 Å². The number of hydrogen-bond donors (Lipinski definition) is 2. The van der Waals surface area contributed by atoms with Crippen LogP contribution in [-0.4, -0.2) is 30.9 Å². The summed E-state index contributed by atoms with van der Waals surface area (Å²) in [5.74, 6) is -0.126. The molecule has 0 aliphatic carbocycles. The molecule has 0 spiro atoms. The highest BCUT2D eigenvalue weighted by Crippen LogP contribution is 2.16. The van der Waals surface area contributed by atoms with Crippen LogP contribution in [0.5, 0.6) is 0 Å². The Morgan fingerprint density at radius 3 is 2.65 bits per heavy atom. The quantitative estimate of drug-likeness (QED) is 0.811. The fraction of sp³-hybridized carbons (Fsp3) is 0.462. The van der Waals surface area contributed by atoms with Crippen molar-refractivity contribution in [3.8, 4) is 0 Å². The number of amides is 1. The number of carbonyl (C=O) groups excluding carboxylic acids is 1. The first-order valence-electron chi connectivity index (χ1n) is 5.83. The van der Waals surface area contributed by atoms with E-state index >= 15 is 0 Å². The van der Waals surface area contributed by atoms with Gasteiger partial charge in [-0.25, -0.2) is 0 Å². The van der Waals surface area contributed by atoms with E-state index in [-0.39, 0.29) is 5.91 Å². The number of hydrogen-bond acceptors (Lipinski definition) is 3. The Kier molecular flexibility index (Phi) is 5.12. The summed E-state index contributed by atoms with van der Waals surface area (Å²) in [6.07, 6.45) is 0.641. The van der Waals surface area contributed by atoms with Crippen LogP contribution >= 0.6 is 0 Å². The lowest BCUT2D eigenvalue weighted by Crippen LogP contribution is -2.35. The second kappa shape index (κ2) is 6.37. The van der Waals surface area contributed by atoms with Crippen LogP contribution in [0.1, 0.15) is 18.9 Å². The highest BCUT2D eigenvalue weighted by molar-refractivity contribution is 5.95. The summed E-state index contributed by atoms with van der Waals surface area (Å²) in [4.78, 5) is 13.8. The SMILES string of the molecule is CC[C@@H](N)C(=O)Nc1ccccc1CN(C)C. The second-order valence-electron chi connectivity index (χ2n) is 4.40. The topological polar surface area (TPSA) is 58.4 Å². The lowest BCUT2D eigenvalue weighted by atomic mass is 10.1. The van der Waals surface area contributed by atoms with Crippen molar-refractivity contribution < 1.29 is 4.79 Å². The molecule has 0 fully saturated rings. The molecule has 0 unspecified atom stereocenters. The van der Waals surface area contributed by atoms with E-state index in [2.05, 4.69) is 10.2 Å². The van der Waals surface area contributed by atoms with Crippen molar-refractivity contribution in [2.24, 2.45) is 5.73 Å². The van der Waals surface area contributed by atoms with Crippen molar-refractivity contribution in [2.75, 3.05) is 19.4 Å². The molecule has 17 heavy (non-hydrogen) atoms. The van der Waals surface area contributed by atoms with Gasteiger partial charge >= 0.3 is 0 Å². The van der Waals surface area contributed by atoms with Gasteiger partial charge in [0.1, 0.15) is 0 Å². The summed E-state index contributed by atoms with van der Waals surface area (Å²) in [6, 6.07) is 7.34. The summed E-state index contributed by atoms with van der Waals surface area (Å²) in [7, 11) is 3.99. The minimum absolute atomic E-state index is 0.126. The molecule has 0 radical (unpaired) electrons. The summed E-state index contributed by atoms with van der Waals surface area (Å²) in [6.45, 7) is 2.69. The predicted molar refractivity (Wildman–Crippen MR) is 70.7 cm³/mol. The molecular weight excluding hydrogens is 214 g/mol. The number of rotatable bonds is 5. The van der Waals surface area contributed by atoms with Crippen LogP contribution in [0.25, 0.3) is 0 Å². The maximum absolute atomic E-state index is 11.7. The van der Waals surface area contributed by atoms with Gasteiger partial charge in [0.15, 0.2) is 0 Å². The van der Waals surface area contributed by atoms with E-state index in [4.69, 9.17) is 5.73 Å². The van der Waals surface area contributed by atoms with Gasteiger partial charge in [0.2, 0.25) is 5.91 Å². The summed E-state index contributed by atoms with van der Waals surface area (Å²) >= 11 is 0. The standard InChI is InChI=1S/C13H21N3O/c1-4-11(14)13(17)15-12-8-6-5-7-10(12)9-16(2)3/h5-8,11H,4,9,14H2,1-3H3,(H,15,17)/t11-/m1/s1. The summed E-state index contributed by atoms with van der Waals surface area (Å²) in [5.41, 5.74) is 7.63. The molecule has 1 aromatic rings. The van der Waals surface area contributed by atoms with Gasteiger partial charge in [0.25, 0.3) is 0 Å². The molecule has 1 rings (SSSR count). The first kappa shape index (κ1) is 13.7. The van der Waals surface area contributed by atoms with E-state index in [9.17, 15) is 4.79 Å². The average Bonchev–Trinajstić information content (AvgIpc) is 2.29. The van der Waals surface area contributed by atoms with Crippen molar-refractivity contribution in [1.82, 2.24) is 4.90 Å².